The molecule has 1 N–H and O–H groups in total. The second-order valence-corrected chi connectivity index (χ2v) is 5.33. The van der Waals surface area contributed by atoms with Crippen molar-refractivity contribution in [1.29, 1.82) is 0 Å². The Labute approximate surface area is 100 Å². The topological polar surface area (TPSA) is 12.0 Å². The van der Waals surface area contributed by atoms with E-state index in [2.05, 4.69) is 5.32 Å². The molecule has 92 valence electrons. The lowest BCUT2D eigenvalue weighted by molar-refractivity contribution is 0.352. The Morgan fingerprint density at radius 3 is 2.88 bits per heavy atom. The van der Waals surface area contributed by atoms with Gasteiger partial charge in [-0.2, -0.15) is 0 Å². The summed E-state index contributed by atoms with van der Waals surface area (Å²) in [6.07, 6.45) is 5.27. The van der Waals surface area contributed by atoms with Crippen LogP contribution >= 0.6 is 0 Å². The standard InChI is InChI=1S/C14H17F2N/c15-12-5-4-9(6-13(12)16)8-17-14-3-1-2-10-7-11(10)14/h4-6,10-11,14,17H,1-3,7-8H2/t10-,11+,14?/m0/s1. The minimum absolute atomic E-state index is 0.585. The molecular formula is C14H17F2N. The molecule has 2 aliphatic carbocycles. The zero-order valence-electron chi connectivity index (χ0n) is 9.76. The average Bonchev–Trinajstić information content (AvgIpc) is 3.10. The molecule has 1 aromatic rings. The van der Waals surface area contributed by atoms with Crippen molar-refractivity contribution in [2.45, 2.75) is 38.3 Å². The first-order chi connectivity index (χ1) is 8.24. The smallest absolute Gasteiger partial charge is 0.159 e. The monoisotopic (exact) mass is 237 g/mol. The third-order valence-corrected chi connectivity index (χ3v) is 4.14. The number of halogens is 2. The summed E-state index contributed by atoms with van der Waals surface area (Å²) in [6.45, 7) is 0.644. The summed E-state index contributed by atoms with van der Waals surface area (Å²) < 4.78 is 25.8. The molecule has 0 radical (unpaired) electrons. The predicted octanol–water partition coefficient (Wildman–Crippen LogP) is 3.24. The molecule has 1 aromatic carbocycles. The van der Waals surface area contributed by atoms with Gasteiger partial charge in [0.15, 0.2) is 11.6 Å². The van der Waals surface area contributed by atoms with Crippen LogP contribution in [0.1, 0.15) is 31.2 Å². The highest BCUT2D eigenvalue weighted by Gasteiger charge is 2.44. The van der Waals surface area contributed by atoms with Crippen LogP contribution in [0.25, 0.3) is 0 Å². The Balaban J connectivity index is 1.58. The maximum absolute atomic E-state index is 13.0. The van der Waals surface area contributed by atoms with E-state index in [1.54, 1.807) is 6.07 Å². The van der Waals surface area contributed by atoms with Crippen molar-refractivity contribution in [1.82, 2.24) is 5.32 Å². The number of hydrogen-bond acceptors (Lipinski definition) is 1. The summed E-state index contributed by atoms with van der Waals surface area (Å²) in [7, 11) is 0. The van der Waals surface area contributed by atoms with Gasteiger partial charge < -0.3 is 5.32 Å². The molecule has 0 saturated heterocycles. The summed E-state index contributed by atoms with van der Waals surface area (Å²) in [5.41, 5.74) is 0.826. The normalized spacial score (nSPS) is 31.1. The van der Waals surface area contributed by atoms with Gasteiger partial charge in [0.05, 0.1) is 0 Å². The van der Waals surface area contributed by atoms with Gasteiger partial charge in [0.1, 0.15) is 0 Å². The van der Waals surface area contributed by atoms with Crippen molar-refractivity contribution in [3.63, 3.8) is 0 Å². The van der Waals surface area contributed by atoms with Crippen LogP contribution in [0.15, 0.2) is 18.2 Å². The Hall–Kier alpha value is -0.960. The zero-order chi connectivity index (χ0) is 11.8. The van der Waals surface area contributed by atoms with Gasteiger partial charge in [-0.25, -0.2) is 8.78 Å². The van der Waals surface area contributed by atoms with E-state index in [0.717, 1.165) is 17.4 Å². The zero-order valence-corrected chi connectivity index (χ0v) is 9.76. The minimum Gasteiger partial charge on any atom is -0.310 e. The second-order valence-electron chi connectivity index (χ2n) is 5.33. The first kappa shape index (κ1) is 11.1. The molecule has 0 spiro atoms. The molecule has 1 nitrogen and oxygen atoms in total. The quantitative estimate of drug-likeness (QED) is 0.851. The number of rotatable bonds is 3. The number of benzene rings is 1. The van der Waals surface area contributed by atoms with Crippen molar-refractivity contribution >= 4 is 0 Å². The van der Waals surface area contributed by atoms with Gasteiger partial charge in [-0.05, 0) is 42.4 Å². The Morgan fingerprint density at radius 1 is 1.18 bits per heavy atom. The van der Waals surface area contributed by atoms with Crippen LogP contribution in [0.4, 0.5) is 8.78 Å². The van der Waals surface area contributed by atoms with E-state index in [4.69, 9.17) is 0 Å². The molecule has 3 rings (SSSR count). The highest BCUT2D eigenvalue weighted by molar-refractivity contribution is 5.17. The van der Waals surface area contributed by atoms with Crippen LogP contribution in [-0.4, -0.2) is 6.04 Å². The fourth-order valence-corrected chi connectivity index (χ4v) is 3.06. The van der Waals surface area contributed by atoms with Crippen molar-refractivity contribution in [3.05, 3.63) is 35.4 Å². The fourth-order valence-electron chi connectivity index (χ4n) is 3.06. The van der Waals surface area contributed by atoms with E-state index in [1.807, 2.05) is 0 Å². The Morgan fingerprint density at radius 2 is 2.06 bits per heavy atom. The van der Waals surface area contributed by atoms with E-state index < -0.39 is 11.6 Å². The number of hydrogen-bond donors (Lipinski definition) is 1. The molecule has 2 saturated carbocycles. The predicted molar refractivity (Wildman–Crippen MR) is 62.4 cm³/mol. The first-order valence-corrected chi connectivity index (χ1v) is 6.41. The first-order valence-electron chi connectivity index (χ1n) is 6.41. The fraction of sp³-hybridized carbons (Fsp3) is 0.571. The van der Waals surface area contributed by atoms with Gasteiger partial charge >= 0.3 is 0 Å². The van der Waals surface area contributed by atoms with Crippen LogP contribution in [-0.2, 0) is 6.54 Å². The van der Waals surface area contributed by atoms with E-state index in [1.165, 1.54) is 37.8 Å². The lowest BCUT2D eigenvalue weighted by Crippen LogP contribution is -2.33. The molecule has 0 heterocycles. The molecule has 2 fully saturated rings. The van der Waals surface area contributed by atoms with Crippen LogP contribution in [0.3, 0.4) is 0 Å². The van der Waals surface area contributed by atoms with Gasteiger partial charge in [-0.1, -0.05) is 18.9 Å². The van der Waals surface area contributed by atoms with Gasteiger partial charge in [0, 0.05) is 12.6 Å². The summed E-state index contributed by atoms with van der Waals surface area (Å²) >= 11 is 0. The van der Waals surface area contributed by atoms with Gasteiger partial charge in [-0.3, -0.25) is 0 Å². The largest absolute Gasteiger partial charge is 0.310 e. The SMILES string of the molecule is Fc1ccc(CNC2CCC[C@H]3C[C@@H]23)cc1F. The van der Waals surface area contributed by atoms with E-state index in [0.29, 0.717) is 12.6 Å². The summed E-state index contributed by atoms with van der Waals surface area (Å²) in [6, 6.07) is 4.73. The average molecular weight is 237 g/mol. The van der Waals surface area contributed by atoms with Gasteiger partial charge in [-0.15, -0.1) is 0 Å². The van der Waals surface area contributed by atoms with E-state index in [-0.39, 0.29) is 0 Å². The third-order valence-electron chi connectivity index (χ3n) is 4.14. The van der Waals surface area contributed by atoms with Crippen molar-refractivity contribution in [2.24, 2.45) is 11.8 Å². The maximum Gasteiger partial charge on any atom is 0.159 e. The third kappa shape index (κ3) is 2.34. The summed E-state index contributed by atoms with van der Waals surface area (Å²) in [5.74, 6) is 0.256. The van der Waals surface area contributed by atoms with Crippen molar-refractivity contribution < 1.29 is 8.78 Å². The summed E-state index contributed by atoms with van der Waals surface area (Å²) in [5, 5.41) is 3.49. The summed E-state index contributed by atoms with van der Waals surface area (Å²) in [4.78, 5) is 0. The number of fused-ring (bicyclic) bond motifs is 1. The molecule has 0 bridgehead atoms. The Bertz CT molecular complexity index is 419. The molecule has 3 atom stereocenters. The number of nitrogens with one attached hydrogen (secondary N) is 1. The molecule has 1 unspecified atom stereocenters. The molecular weight excluding hydrogens is 220 g/mol. The molecule has 0 aliphatic heterocycles. The molecule has 17 heavy (non-hydrogen) atoms. The van der Waals surface area contributed by atoms with Crippen molar-refractivity contribution in [2.75, 3.05) is 0 Å². The molecule has 3 heteroatoms. The van der Waals surface area contributed by atoms with Crippen LogP contribution in [0.5, 0.6) is 0 Å². The van der Waals surface area contributed by atoms with Gasteiger partial charge in [0.25, 0.3) is 0 Å². The van der Waals surface area contributed by atoms with Crippen LogP contribution in [0, 0.1) is 23.5 Å². The highest BCUT2D eigenvalue weighted by Crippen LogP contribution is 2.49. The maximum atomic E-state index is 13.0. The lowest BCUT2D eigenvalue weighted by atomic mass is 9.95. The second kappa shape index (κ2) is 4.37. The van der Waals surface area contributed by atoms with Crippen LogP contribution < -0.4 is 5.32 Å². The lowest BCUT2D eigenvalue weighted by Gasteiger charge is -2.22. The molecule has 2 aliphatic rings. The minimum atomic E-state index is -0.770. The molecule has 0 amide bonds. The Kier molecular flexibility index (Phi) is 2.87. The van der Waals surface area contributed by atoms with Crippen molar-refractivity contribution in [3.8, 4) is 0 Å². The van der Waals surface area contributed by atoms with E-state index in [9.17, 15) is 8.78 Å². The van der Waals surface area contributed by atoms with Gasteiger partial charge in [0.2, 0.25) is 0 Å². The highest BCUT2D eigenvalue weighted by atomic mass is 19.2. The van der Waals surface area contributed by atoms with E-state index >= 15 is 0 Å². The van der Waals surface area contributed by atoms with Crippen LogP contribution in [0.2, 0.25) is 0 Å². The molecule has 0 aromatic heterocycles.